The lowest BCUT2D eigenvalue weighted by molar-refractivity contribution is -0.138. The summed E-state index contributed by atoms with van der Waals surface area (Å²) in [5.74, 6) is 0.538. The van der Waals surface area contributed by atoms with E-state index in [1.165, 1.54) is 9.87 Å². The number of carbonyl (C=O) groups is 1. The quantitative estimate of drug-likeness (QED) is 0.444. The topological polar surface area (TPSA) is 88.6 Å². The molecule has 1 amide bonds. The number of rotatable bonds is 10. The van der Waals surface area contributed by atoms with Crippen LogP contribution in [0.2, 0.25) is 0 Å². The number of carbonyl (C=O) groups excluding carboxylic acids is 1. The van der Waals surface area contributed by atoms with Gasteiger partial charge in [0.15, 0.2) is 0 Å². The molecule has 0 aromatic heterocycles. The zero-order valence-electron chi connectivity index (χ0n) is 23.0. The maximum atomic E-state index is 13.7. The molecule has 2 aromatic carbocycles. The molecule has 2 saturated heterocycles. The molecule has 10 heteroatoms. The Labute approximate surface area is 232 Å². The third kappa shape index (κ3) is 7.46. The first-order valence-corrected chi connectivity index (χ1v) is 14.8. The van der Waals surface area contributed by atoms with Crippen molar-refractivity contribution < 1.29 is 27.4 Å². The fourth-order valence-electron chi connectivity index (χ4n) is 5.10. The van der Waals surface area contributed by atoms with Crippen LogP contribution in [-0.4, -0.2) is 107 Å². The fourth-order valence-corrected chi connectivity index (χ4v) is 7.09. The lowest BCUT2D eigenvalue weighted by Crippen LogP contribution is -2.52. The van der Waals surface area contributed by atoms with Crippen LogP contribution in [0.25, 0.3) is 6.08 Å². The second-order valence-corrected chi connectivity index (χ2v) is 11.8. The molecule has 39 heavy (non-hydrogen) atoms. The number of methoxy groups -OCH3 is 1. The maximum absolute atomic E-state index is 13.7. The monoisotopic (exact) mass is 557 g/mol. The molecule has 0 N–H and O–H groups in total. The van der Waals surface area contributed by atoms with Crippen molar-refractivity contribution in [3.63, 3.8) is 0 Å². The highest BCUT2D eigenvalue weighted by molar-refractivity contribution is 7.89. The summed E-state index contributed by atoms with van der Waals surface area (Å²) in [5, 5.41) is 0. The first-order valence-electron chi connectivity index (χ1n) is 13.3. The van der Waals surface area contributed by atoms with Gasteiger partial charge in [-0.15, -0.1) is 0 Å². The molecule has 0 unspecified atom stereocenters. The Morgan fingerprint density at radius 2 is 1.74 bits per heavy atom. The van der Waals surface area contributed by atoms with Gasteiger partial charge in [-0.05, 0) is 42.7 Å². The van der Waals surface area contributed by atoms with Gasteiger partial charge >= 0.3 is 0 Å². The van der Waals surface area contributed by atoms with E-state index in [2.05, 4.69) is 29.2 Å². The lowest BCUT2D eigenvalue weighted by atomic mass is 10.1. The van der Waals surface area contributed by atoms with Crippen LogP contribution in [0.1, 0.15) is 16.7 Å². The normalized spacial score (nSPS) is 19.5. The minimum atomic E-state index is -3.79. The molecule has 0 aliphatic carbocycles. The lowest BCUT2D eigenvalue weighted by Gasteiger charge is -2.36. The van der Waals surface area contributed by atoms with E-state index in [4.69, 9.17) is 14.2 Å². The number of hydrogen-bond donors (Lipinski definition) is 0. The predicted molar refractivity (Wildman–Crippen MR) is 150 cm³/mol. The largest absolute Gasteiger partial charge is 0.497 e. The number of amides is 1. The molecule has 2 aliphatic heterocycles. The molecule has 9 nitrogen and oxygen atoms in total. The summed E-state index contributed by atoms with van der Waals surface area (Å²) in [7, 11) is -2.23. The van der Waals surface area contributed by atoms with Crippen molar-refractivity contribution in [3.8, 4) is 5.75 Å². The Morgan fingerprint density at radius 1 is 1.05 bits per heavy atom. The van der Waals surface area contributed by atoms with E-state index in [9.17, 15) is 13.2 Å². The van der Waals surface area contributed by atoms with Gasteiger partial charge in [0.1, 0.15) is 12.4 Å². The van der Waals surface area contributed by atoms with Crippen LogP contribution in [0.4, 0.5) is 0 Å². The van der Waals surface area contributed by atoms with Crippen molar-refractivity contribution in [2.24, 2.45) is 0 Å². The number of sulfonamides is 1. The zero-order valence-corrected chi connectivity index (χ0v) is 23.9. The molecule has 0 saturated carbocycles. The van der Waals surface area contributed by atoms with Gasteiger partial charge in [-0.2, -0.15) is 4.31 Å². The van der Waals surface area contributed by atoms with E-state index in [0.29, 0.717) is 36.6 Å². The van der Waals surface area contributed by atoms with E-state index in [1.807, 2.05) is 23.1 Å². The first-order chi connectivity index (χ1) is 18.8. The van der Waals surface area contributed by atoms with Crippen LogP contribution < -0.4 is 4.74 Å². The zero-order chi connectivity index (χ0) is 27.8. The second-order valence-electron chi connectivity index (χ2n) is 9.94. The molecule has 2 fully saturated rings. The maximum Gasteiger partial charge on any atom is 0.248 e. The summed E-state index contributed by atoms with van der Waals surface area (Å²) in [6.45, 7) is 8.03. The van der Waals surface area contributed by atoms with Crippen molar-refractivity contribution in [2.45, 2.75) is 24.8 Å². The highest BCUT2D eigenvalue weighted by Crippen LogP contribution is 2.30. The number of benzene rings is 2. The van der Waals surface area contributed by atoms with E-state index in [0.717, 1.165) is 19.6 Å². The van der Waals surface area contributed by atoms with Crippen LogP contribution in [0.5, 0.6) is 5.75 Å². The summed E-state index contributed by atoms with van der Waals surface area (Å²) < 4.78 is 45.4. The van der Waals surface area contributed by atoms with Gasteiger partial charge < -0.3 is 19.1 Å². The summed E-state index contributed by atoms with van der Waals surface area (Å²) in [4.78, 5) is 17.2. The van der Waals surface area contributed by atoms with Gasteiger partial charge in [0.05, 0.1) is 37.9 Å². The van der Waals surface area contributed by atoms with Crippen molar-refractivity contribution in [2.75, 3.05) is 72.8 Å². The van der Waals surface area contributed by atoms with Gasteiger partial charge in [-0.3, -0.25) is 9.69 Å². The van der Waals surface area contributed by atoms with Gasteiger partial charge in [0.25, 0.3) is 0 Å². The number of aryl methyl sites for hydroxylation is 2. The van der Waals surface area contributed by atoms with Crippen molar-refractivity contribution in [1.29, 1.82) is 0 Å². The van der Waals surface area contributed by atoms with Gasteiger partial charge in [-0.25, -0.2) is 8.42 Å². The van der Waals surface area contributed by atoms with E-state index in [1.54, 1.807) is 33.1 Å². The molecular formula is C29H39N3O6S. The number of ether oxygens (including phenoxy) is 3. The third-order valence-corrected chi connectivity index (χ3v) is 9.40. The molecule has 1 atom stereocenters. The van der Waals surface area contributed by atoms with Crippen molar-refractivity contribution in [1.82, 2.24) is 14.1 Å². The Kier molecular flexibility index (Phi) is 10.1. The standard InChI is InChI=1S/C29H39N3O6S/c1-23-18-27(36-3)19-24(2)29(23)39(34,35)32-16-17-37-20-26(32)21-38-22-28(33)31-14-12-30(13-15-31)11-7-10-25-8-5-4-6-9-25/h4-10,18-19,26H,11-17,20-22H2,1-3H3/t26-/m0/s1. The Bertz CT molecular complexity index is 1220. The molecular weight excluding hydrogens is 518 g/mol. The van der Waals surface area contributed by atoms with E-state index < -0.39 is 16.1 Å². The Balaban J connectivity index is 1.27. The van der Waals surface area contributed by atoms with Crippen LogP contribution >= 0.6 is 0 Å². The SMILES string of the molecule is COc1cc(C)c(S(=O)(=O)N2CCOC[C@H]2COCC(=O)N2CCN(CC=Cc3ccccc3)CC2)c(C)c1. The van der Waals surface area contributed by atoms with Crippen molar-refractivity contribution in [3.05, 3.63) is 65.2 Å². The fraction of sp³-hybridized carbons (Fsp3) is 0.483. The first kappa shape index (κ1) is 29.2. The van der Waals surface area contributed by atoms with Gasteiger partial charge in [-0.1, -0.05) is 42.5 Å². The molecule has 0 radical (unpaired) electrons. The molecule has 4 rings (SSSR count). The Hall–Kier alpha value is -2.76. The van der Waals surface area contributed by atoms with Crippen LogP contribution in [0.15, 0.2) is 53.4 Å². The molecule has 0 bridgehead atoms. The van der Waals surface area contributed by atoms with Crippen LogP contribution in [0, 0.1) is 13.8 Å². The van der Waals surface area contributed by atoms with Gasteiger partial charge in [0, 0.05) is 39.3 Å². The number of hydrogen-bond acceptors (Lipinski definition) is 7. The molecule has 2 aromatic rings. The minimum Gasteiger partial charge on any atom is -0.497 e. The second kappa shape index (κ2) is 13.5. The predicted octanol–water partition coefficient (Wildman–Crippen LogP) is 2.58. The number of piperazine rings is 1. The number of nitrogens with zero attached hydrogens (tertiary/aromatic N) is 3. The van der Waals surface area contributed by atoms with Crippen molar-refractivity contribution >= 4 is 22.0 Å². The summed E-state index contributed by atoms with van der Waals surface area (Å²) in [6.07, 6.45) is 4.26. The smallest absolute Gasteiger partial charge is 0.248 e. The summed E-state index contributed by atoms with van der Waals surface area (Å²) in [6, 6.07) is 13.1. The third-order valence-electron chi connectivity index (χ3n) is 7.14. The molecule has 212 valence electrons. The summed E-state index contributed by atoms with van der Waals surface area (Å²) in [5.41, 5.74) is 2.43. The van der Waals surface area contributed by atoms with Gasteiger partial charge in [0.2, 0.25) is 15.9 Å². The van der Waals surface area contributed by atoms with Crippen LogP contribution in [0.3, 0.4) is 0 Å². The highest BCUT2D eigenvalue weighted by Gasteiger charge is 2.36. The highest BCUT2D eigenvalue weighted by atomic mass is 32.2. The van der Waals surface area contributed by atoms with E-state index in [-0.39, 0.29) is 37.2 Å². The molecule has 2 aliphatic rings. The Morgan fingerprint density at radius 3 is 2.41 bits per heavy atom. The summed E-state index contributed by atoms with van der Waals surface area (Å²) >= 11 is 0. The average Bonchev–Trinajstić information content (AvgIpc) is 2.93. The van der Waals surface area contributed by atoms with Crippen LogP contribution in [-0.2, 0) is 24.3 Å². The van der Waals surface area contributed by atoms with E-state index >= 15 is 0 Å². The average molecular weight is 558 g/mol. The number of morpholine rings is 1. The molecule has 0 spiro atoms. The molecule has 2 heterocycles. The minimum absolute atomic E-state index is 0.0811.